The van der Waals surface area contributed by atoms with Crippen LogP contribution in [0.15, 0.2) is 17.2 Å². The Hall–Kier alpha value is -0.890. The molecule has 2 rings (SSSR count). The predicted octanol–water partition coefficient (Wildman–Crippen LogP) is 0.934. The summed E-state index contributed by atoms with van der Waals surface area (Å²) in [6, 6.07) is 1.79. The minimum Gasteiger partial charge on any atom is -0.390 e. The van der Waals surface area contributed by atoms with Gasteiger partial charge in [0.05, 0.1) is 11.5 Å². The van der Waals surface area contributed by atoms with Crippen molar-refractivity contribution in [2.75, 3.05) is 20.6 Å². The number of hydrogen-bond acceptors (Lipinski definition) is 4. The Bertz CT molecular complexity index is 576. The van der Waals surface area contributed by atoms with Gasteiger partial charge in [-0.15, -0.1) is 0 Å². The van der Waals surface area contributed by atoms with Crippen molar-refractivity contribution in [1.29, 1.82) is 0 Å². The molecule has 120 valence electrons. The normalized spacial score (nSPS) is 17.4. The molecule has 1 aromatic heterocycles. The van der Waals surface area contributed by atoms with E-state index in [4.69, 9.17) is 0 Å². The number of rotatable bonds is 8. The van der Waals surface area contributed by atoms with Gasteiger partial charge in [0.15, 0.2) is 0 Å². The lowest BCUT2D eigenvalue weighted by Crippen LogP contribution is -2.34. The van der Waals surface area contributed by atoms with Crippen LogP contribution in [0, 0.1) is 0 Å². The van der Waals surface area contributed by atoms with E-state index in [0.29, 0.717) is 11.7 Å². The molecular weight excluding hydrogens is 290 g/mol. The van der Waals surface area contributed by atoms with E-state index < -0.39 is 10.0 Å². The number of hydrogen-bond donors (Lipinski definition) is 2. The van der Waals surface area contributed by atoms with Crippen molar-refractivity contribution in [3.05, 3.63) is 18.0 Å². The summed E-state index contributed by atoms with van der Waals surface area (Å²) in [6.07, 6.45) is 4.49. The molecule has 2 N–H and O–H groups in total. The molecule has 0 saturated heterocycles. The number of nitrogens with one attached hydrogen (secondary N) is 1. The van der Waals surface area contributed by atoms with Gasteiger partial charge in [-0.3, -0.25) is 0 Å². The first-order valence-corrected chi connectivity index (χ1v) is 8.80. The Kier molecular flexibility index (Phi) is 5.08. The molecular formula is C14H25N3O3S. The SMILES string of the molecule is CC(CCN(C)C)NS(=O)(=O)c1cc(CO)n(C2CC2)c1. The van der Waals surface area contributed by atoms with E-state index in [1.54, 1.807) is 12.3 Å². The third kappa shape index (κ3) is 4.29. The molecule has 0 bridgehead atoms. The maximum Gasteiger partial charge on any atom is 0.242 e. The zero-order valence-corrected chi connectivity index (χ0v) is 13.7. The molecule has 1 saturated carbocycles. The Balaban J connectivity index is 2.08. The minimum absolute atomic E-state index is 0.126. The quantitative estimate of drug-likeness (QED) is 0.748. The smallest absolute Gasteiger partial charge is 0.242 e. The fraction of sp³-hybridized carbons (Fsp3) is 0.714. The van der Waals surface area contributed by atoms with E-state index in [1.807, 2.05) is 30.5 Å². The average Bonchev–Trinajstić information content (AvgIpc) is 3.14. The fourth-order valence-corrected chi connectivity index (χ4v) is 3.63. The highest BCUT2D eigenvalue weighted by Gasteiger charge is 2.28. The van der Waals surface area contributed by atoms with Crippen LogP contribution in [0.5, 0.6) is 0 Å². The first kappa shape index (κ1) is 16.5. The molecule has 1 aliphatic carbocycles. The average molecular weight is 315 g/mol. The molecule has 1 fully saturated rings. The number of aromatic nitrogens is 1. The Labute approximate surface area is 126 Å². The minimum atomic E-state index is -3.53. The lowest BCUT2D eigenvalue weighted by atomic mass is 10.2. The van der Waals surface area contributed by atoms with E-state index in [-0.39, 0.29) is 17.5 Å². The van der Waals surface area contributed by atoms with Gasteiger partial charge in [0.2, 0.25) is 10.0 Å². The van der Waals surface area contributed by atoms with Crippen LogP contribution in [-0.4, -0.2) is 49.7 Å². The Morgan fingerprint density at radius 3 is 2.67 bits per heavy atom. The second-order valence-electron chi connectivity index (χ2n) is 6.08. The van der Waals surface area contributed by atoms with Crippen LogP contribution in [0.1, 0.15) is 37.9 Å². The molecule has 1 heterocycles. The molecule has 0 aliphatic heterocycles. The van der Waals surface area contributed by atoms with Gasteiger partial charge >= 0.3 is 0 Å². The molecule has 21 heavy (non-hydrogen) atoms. The summed E-state index contributed by atoms with van der Waals surface area (Å²) in [5.74, 6) is 0. The van der Waals surface area contributed by atoms with Crippen molar-refractivity contribution in [2.45, 2.75) is 49.8 Å². The summed E-state index contributed by atoms with van der Waals surface area (Å²) in [4.78, 5) is 2.27. The van der Waals surface area contributed by atoms with Crippen molar-refractivity contribution in [1.82, 2.24) is 14.2 Å². The lowest BCUT2D eigenvalue weighted by molar-refractivity contribution is 0.270. The summed E-state index contributed by atoms with van der Waals surface area (Å²) < 4.78 is 29.4. The highest BCUT2D eigenvalue weighted by molar-refractivity contribution is 7.89. The highest BCUT2D eigenvalue weighted by Crippen LogP contribution is 2.37. The van der Waals surface area contributed by atoms with E-state index in [0.717, 1.165) is 25.8 Å². The van der Waals surface area contributed by atoms with Crippen LogP contribution in [0.2, 0.25) is 0 Å². The van der Waals surface area contributed by atoms with E-state index in [2.05, 4.69) is 4.72 Å². The Morgan fingerprint density at radius 1 is 1.48 bits per heavy atom. The standard InChI is InChI=1S/C14H25N3O3S/c1-11(6-7-16(2)3)15-21(19,20)14-8-13(10-18)17(9-14)12-4-5-12/h8-9,11-12,15,18H,4-7,10H2,1-3H3. The van der Waals surface area contributed by atoms with Crippen molar-refractivity contribution < 1.29 is 13.5 Å². The second kappa shape index (κ2) is 6.48. The maximum absolute atomic E-state index is 12.4. The molecule has 0 amide bonds. The fourth-order valence-electron chi connectivity index (χ4n) is 2.31. The van der Waals surface area contributed by atoms with Crippen LogP contribution in [-0.2, 0) is 16.6 Å². The summed E-state index contributed by atoms with van der Waals surface area (Å²) in [5.41, 5.74) is 0.666. The van der Waals surface area contributed by atoms with Crippen molar-refractivity contribution in [3.63, 3.8) is 0 Å². The summed E-state index contributed by atoms with van der Waals surface area (Å²) in [6.45, 7) is 2.56. The molecule has 0 radical (unpaired) electrons. The van der Waals surface area contributed by atoms with Crippen LogP contribution >= 0.6 is 0 Å². The molecule has 1 aromatic rings. The van der Waals surface area contributed by atoms with Gasteiger partial charge < -0.3 is 14.6 Å². The molecule has 0 spiro atoms. The van der Waals surface area contributed by atoms with E-state index >= 15 is 0 Å². The zero-order chi connectivity index (χ0) is 15.6. The molecule has 7 heteroatoms. The maximum atomic E-state index is 12.4. The van der Waals surface area contributed by atoms with Gasteiger partial charge in [-0.05, 0) is 52.9 Å². The summed E-state index contributed by atoms with van der Waals surface area (Å²) in [5, 5.41) is 9.36. The monoisotopic (exact) mass is 315 g/mol. The van der Waals surface area contributed by atoms with Crippen LogP contribution in [0.3, 0.4) is 0 Å². The molecule has 1 atom stereocenters. The molecule has 1 unspecified atom stereocenters. The van der Waals surface area contributed by atoms with Gasteiger partial charge in [0.25, 0.3) is 0 Å². The van der Waals surface area contributed by atoms with Crippen molar-refractivity contribution >= 4 is 10.0 Å². The van der Waals surface area contributed by atoms with E-state index in [1.165, 1.54) is 0 Å². The number of sulfonamides is 1. The molecule has 6 nitrogen and oxygen atoms in total. The van der Waals surface area contributed by atoms with Gasteiger partial charge in [-0.25, -0.2) is 13.1 Å². The number of aliphatic hydroxyl groups excluding tert-OH is 1. The highest BCUT2D eigenvalue weighted by atomic mass is 32.2. The summed E-state index contributed by atoms with van der Waals surface area (Å²) in [7, 11) is 0.400. The first-order chi connectivity index (χ1) is 9.83. The zero-order valence-electron chi connectivity index (χ0n) is 12.9. The van der Waals surface area contributed by atoms with Gasteiger partial charge in [0.1, 0.15) is 0 Å². The lowest BCUT2D eigenvalue weighted by Gasteiger charge is -2.16. The summed E-state index contributed by atoms with van der Waals surface area (Å²) >= 11 is 0. The van der Waals surface area contributed by atoms with Crippen LogP contribution in [0.4, 0.5) is 0 Å². The third-order valence-corrected chi connectivity index (χ3v) is 5.24. The third-order valence-electron chi connectivity index (χ3n) is 3.69. The molecule has 0 aromatic carbocycles. The topological polar surface area (TPSA) is 74.6 Å². The van der Waals surface area contributed by atoms with Crippen LogP contribution in [0.25, 0.3) is 0 Å². The van der Waals surface area contributed by atoms with E-state index in [9.17, 15) is 13.5 Å². The van der Waals surface area contributed by atoms with Crippen molar-refractivity contribution in [3.8, 4) is 0 Å². The largest absolute Gasteiger partial charge is 0.390 e. The van der Waals surface area contributed by atoms with Gasteiger partial charge in [-0.2, -0.15) is 0 Å². The van der Waals surface area contributed by atoms with Crippen LogP contribution < -0.4 is 4.72 Å². The van der Waals surface area contributed by atoms with Gasteiger partial charge in [-0.1, -0.05) is 0 Å². The number of nitrogens with zero attached hydrogens (tertiary/aromatic N) is 2. The molecule has 1 aliphatic rings. The predicted molar refractivity (Wildman–Crippen MR) is 81.6 cm³/mol. The Morgan fingerprint density at radius 2 is 2.14 bits per heavy atom. The first-order valence-electron chi connectivity index (χ1n) is 7.32. The number of aliphatic hydroxyl groups is 1. The van der Waals surface area contributed by atoms with Gasteiger partial charge in [0, 0.05) is 24.0 Å². The van der Waals surface area contributed by atoms with Crippen molar-refractivity contribution in [2.24, 2.45) is 0 Å². The second-order valence-corrected chi connectivity index (χ2v) is 7.79.